The van der Waals surface area contributed by atoms with Crippen molar-refractivity contribution in [3.63, 3.8) is 0 Å². The minimum absolute atomic E-state index is 0.132. The third-order valence-electron chi connectivity index (χ3n) is 3.54. The summed E-state index contributed by atoms with van der Waals surface area (Å²) >= 11 is 0. The van der Waals surface area contributed by atoms with Crippen LogP contribution in [0.1, 0.15) is 33.6 Å². The highest BCUT2D eigenvalue weighted by Gasteiger charge is 2.44. The number of amides is 1. The predicted octanol–water partition coefficient (Wildman–Crippen LogP) is 1.50. The van der Waals surface area contributed by atoms with E-state index in [1.54, 1.807) is 7.11 Å². The van der Waals surface area contributed by atoms with Crippen molar-refractivity contribution >= 4 is 6.09 Å². The first-order valence-electron chi connectivity index (χ1n) is 6.61. The Kier molecular flexibility index (Phi) is 5.58. The van der Waals surface area contributed by atoms with Crippen LogP contribution in [0.4, 0.5) is 4.79 Å². The highest BCUT2D eigenvalue weighted by Crippen LogP contribution is 2.31. The van der Waals surface area contributed by atoms with Gasteiger partial charge in [0.25, 0.3) is 0 Å². The molecule has 0 bridgehead atoms. The third-order valence-corrected chi connectivity index (χ3v) is 3.54. The van der Waals surface area contributed by atoms with Gasteiger partial charge >= 0.3 is 6.09 Å². The lowest BCUT2D eigenvalue weighted by atomic mass is 10.0. The van der Waals surface area contributed by atoms with Crippen LogP contribution in [0.5, 0.6) is 0 Å². The molecule has 0 unspecified atom stereocenters. The minimum atomic E-state index is -0.903. The van der Waals surface area contributed by atoms with Crippen LogP contribution in [0.2, 0.25) is 0 Å². The molecule has 1 fully saturated rings. The van der Waals surface area contributed by atoms with E-state index >= 15 is 0 Å². The van der Waals surface area contributed by atoms with Crippen LogP contribution >= 0.6 is 0 Å². The maximum absolute atomic E-state index is 11.6. The lowest BCUT2D eigenvalue weighted by Crippen LogP contribution is -2.54. The first-order chi connectivity index (χ1) is 8.81. The summed E-state index contributed by atoms with van der Waals surface area (Å²) in [6, 6.07) is 0.126. The first-order valence-corrected chi connectivity index (χ1v) is 6.61. The zero-order chi connectivity index (χ0) is 14.6. The van der Waals surface area contributed by atoms with Gasteiger partial charge in [-0.05, 0) is 40.7 Å². The molecule has 0 aliphatic heterocycles. The van der Waals surface area contributed by atoms with Crippen molar-refractivity contribution in [2.45, 2.75) is 57.3 Å². The Bertz CT molecular complexity index is 304. The van der Waals surface area contributed by atoms with Crippen molar-refractivity contribution < 1.29 is 19.4 Å². The van der Waals surface area contributed by atoms with Crippen LogP contribution in [0.3, 0.4) is 0 Å². The maximum atomic E-state index is 11.6. The number of ether oxygens (including phenoxy) is 2. The predicted molar refractivity (Wildman–Crippen MR) is 72.2 cm³/mol. The number of methoxy groups -OCH3 is 1. The monoisotopic (exact) mass is 274 g/mol. The van der Waals surface area contributed by atoms with E-state index in [0.717, 1.165) is 12.8 Å². The van der Waals surface area contributed by atoms with E-state index in [9.17, 15) is 9.90 Å². The van der Waals surface area contributed by atoms with Crippen LogP contribution in [0.25, 0.3) is 0 Å². The molecule has 0 saturated heterocycles. The highest BCUT2D eigenvalue weighted by molar-refractivity contribution is 5.66. The minimum Gasteiger partial charge on any atom is -0.465 e. The lowest BCUT2D eigenvalue weighted by molar-refractivity contribution is -0.0958. The standard InChI is InChI=1S/C13H26N2O4/c1-13(2,3)15(12(16)17)10-6-9(14-4)7-11(10)19-8-18-5/h9-11,14H,6-8H2,1-5H3,(H,16,17)/t9-,10+,11-/m0/s1. The fraction of sp³-hybridized carbons (Fsp3) is 0.923. The van der Waals surface area contributed by atoms with Crippen LogP contribution < -0.4 is 5.32 Å². The molecule has 0 aromatic rings. The largest absolute Gasteiger partial charge is 0.465 e. The molecular weight excluding hydrogens is 248 g/mol. The van der Waals surface area contributed by atoms with Crippen molar-refractivity contribution in [3.05, 3.63) is 0 Å². The number of rotatable bonds is 5. The molecule has 0 aromatic heterocycles. The number of hydrogen-bond acceptors (Lipinski definition) is 4. The summed E-state index contributed by atoms with van der Waals surface area (Å²) in [5.74, 6) is 0. The molecule has 2 N–H and O–H groups in total. The van der Waals surface area contributed by atoms with Crippen molar-refractivity contribution in [3.8, 4) is 0 Å². The average molecular weight is 274 g/mol. The van der Waals surface area contributed by atoms with Gasteiger partial charge in [0, 0.05) is 18.7 Å². The SMILES string of the molecule is CN[C@@H]1C[C@H](OCOC)[C@H](N(C(=O)O)C(C)(C)C)C1. The van der Waals surface area contributed by atoms with Gasteiger partial charge in [-0.3, -0.25) is 4.90 Å². The second-order valence-electron chi connectivity index (χ2n) is 5.96. The third kappa shape index (κ3) is 4.06. The molecule has 1 amide bonds. The van der Waals surface area contributed by atoms with E-state index in [4.69, 9.17) is 9.47 Å². The van der Waals surface area contributed by atoms with Gasteiger partial charge in [0.2, 0.25) is 0 Å². The Morgan fingerprint density at radius 2 is 2.05 bits per heavy atom. The van der Waals surface area contributed by atoms with E-state index < -0.39 is 11.6 Å². The Balaban J connectivity index is 2.88. The fourth-order valence-electron chi connectivity index (χ4n) is 2.75. The maximum Gasteiger partial charge on any atom is 0.408 e. The molecule has 6 heteroatoms. The lowest BCUT2D eigenvalue weighted by Gasteiger charge is -2.40. The topological polar surface area (TPSA) is 71.0 Å². The quantitative estimate of drug-likeness (QED) is 0.744. The molecule has 0 heterocycles. The molecule has 3 atom stereocenters. The van der Waals surface area contributed by atoms with Crippen LogP contribution in [0.15, 0.2) is 0 Å². The zero-order valence-corrected chi connectivity index (χ0v) is 12.5. The van der Waals surface area contributed by atoms with Crippen LogP contribution in [-0.2, 0) is 9.47 Å². The Morgan fingerprint density at radius 1 is 1.42 bits per heavy atom. The van der Waals surface area contributed by atoms with E-state index in [0.29, 0.717) is 0 Å². The second-order valence-corrected chi connectivity index (χ2v) is 5.96. The number of nitrogens with one attached hydrogen (secondary N) is 1. The summed E-state index contributed by atoms with van der Waals surface area (Å²) in [5.41, 5.74) is -0.451. The normalized spacial score (nSPS) is 27.5. The van der Waals surface area contributed by atoms with Gasteiger partial charge < -0.3 is 19.9 Å². The molecule has 1 rings (SSSR count). The molecule has 0 radical (unpaired) electrons. The fourth-order valence-corrected chi connectivity index (χ4v) is 2.75. The Labute approximate surface area is 115 Å². The summed E-state index contributed by atoms with van der Waals surface area (Å²) in [4.78, 5) is 13.1. The highest BCUT2D eigenvalue weighted by atomic mass is 16.7. The summed E-state index contributed by atoms with van der Waals surface area (Å²) in [6.45, 7) is 5.90. The molecular formula is C13H26N2O4. The summed E-state index contributed by atoms with van der Waals surface area (Å²) in [7, 11) is 3.46. The molecule has 1 aliphatic carbocycles. The molecule has 6 nitrogen and oxygen atoms in total. The summed E-state index contributed by atoms with van der Waals surface area (Å²) in [5, 5.41) is 12.7. The van der Waals surface area contributed by atoms with Crippen LogP contribution in [0, 0.1) is 0 Å². The van der Waals surface area contributed by atoms with Gasteiger partial charge in [-0.2, -0.15) is 0 Å². The van der Waals surface area contributed by atoms with Gasteiger partial charge in [-0.1, -0.05) is 0 Å². The van der Waals surface area contributed by atoms with Gasteiger partial charge in [0.15, 0.2) is 0 Å². The van der Waals surface area contributed by atoms with Gasteiger partial charge in [0.1, 0.15) is 6.79 Å². The van der Waals surface area contributed by atoms with Gasteiger partial charge in [-0.15, -0.1) is 0 Å². The van der Waals surface area contributed by atoms with E-state index in [1.807, 2.05) is 27.8 Å². The molecule has 1 aliphatic rings. The Hall–Kier alpha value is -0.850. The molecule has 19 heavy (non-hydrogen) atoms. The van der Waals surface area contributed by atoms with E-state index in [2.05, 4.69) is 5.32 Å². The number of hydrogen-bond donors (Lipinski definition) is 2. The van der Waals surface area contributed by atoms with Gasteiger partial charge in [0.05, 0.1) is 12.1 Å². The van der Waals surface area contributed by atoms with E-state index in [1.165, 1.54) is 4.90 Å². The Morgan fingerprint density at radius 3 is 2.47 bits per heavy atom. The van der Waals surface area contributed by atoms with Crippen molar-refractivity contribution in [2.24, 2.45) is 0 Å². The molecule has 0 spiro atoms. The molecule has 1 saturated carbocycles. The van der Waals surface area contributed by atoms with Crippen LogP contribution in [-0.4, -0.2) is 60.8 Å². The summed E-state index contributed by atoms with van der Waals surface area (Å²) < 4.78 is 10.6. The second kappa shape index (κ2) is 6.54. The van der Waals surface area contributed by atoms with Crippen molar-refractivity contribution in [1.82, 2.24) is 10.2 Å². The number of nitrogens with zero attached hydrogens (tertiary/aromatic N) is 1. The molecule has 112 valence electrons. The number of carboxylic acid groups (broad SMARTS) is 1. The average Bonchev–Trinajstić information content (AvgIpc) is 2.67. The smallest absolute Gasteiger partial charge is 0.408 e. The van der Waals surface area contributed by atoms with E-state index in [-0.39, 0.29) is 25.0 Å². The zero-order valence-electron chi connectivity index (χ0n) is 12.5. The number of carbonyl (C=O) groups is 1. The summed E-state index contributed by atoms with van der Waals surface area (Å²) in [6.07, 6.45) is 0.520. The van der Waals surface area contributed by atoms with Crippen molar-refractivity contribution in [1.29, 1.82) is 0 Å². The molecule has 0 aromatic carbocycles. The van der Waals surface area contributed by atoms with Gasteiger partial charge in [-0.25, -0.2) is 4.79 Å². The first kappa shape index (κ1) is 16.2. The van der Waals surface area contributed by atoms with Crippen molar-refractivity contribution in [2.75, 3.05) is 21.0 Å².